The third-order valence-corrected chi connectivity index (χ3v) is 4.59. The van der Waals surface area contributed by atoms with Crippen molar-refractivity contribution in [3.05, 3.63) is 68.3 Å². The molecule has 2 aromatic carbocycles. The van der Waals surface area contributed by atoms with E-state index in [-0.39, 0.29) is 39.7 Å². The minimum Gasteiger partial charge on any atom is -0.504 e. The van der Waals surface area contributed by atoms with Gasteiger partial charge in [0.1, 0.15) is 17.2 Å². The highest BCUT2D eigenvalue weighted by Gasteiger charge is 2.18. The number of ether oxygens (including phenoxy) is 1. The van der Waals surface area contributed by atoms with Crippen LogP contribution in [0.4, 0.5) is 5.82 Å². The normalized spacial score (nSPS) is 11.0. The van der Waals surface area contributed by atoms with Gasteiger partial charge in [0.15, 0.2) is 17.0 Å². The summed E-state index contributed by atoms with van der Waals surface area (Å²) >= 11 is 5.90. The molecule has 0 amide bonds. The first-order valence-electron chi connectivity index (χ1n) is 8.35. The van der Waals surface area contributed by atoms with Crippen molar-refractivity contribution in [1.29, 1.82) is 0 Å². The van der Waals surface area contributed by atoms with Gasteiger partial charge in [-0.1, -0.05) is 17.7 Å². The Bertz CT molecular complexity index is 1360. The van der Waals surface area contributed by atoms with Crippen LogP contribution in [0.3, 0.4) is 0 Å². The number of anilines is 1. The van der Waals surface area contributed by atoms with Gasteiger partial charge in [-0.15, -0.1) is 0 Å². The summed E-state index contributed by atoms with van der Waals surface area (Å²) < 4.78 is 6.21. The molecule has 0 bridgehead atoms. The van der Waals surface area contributed by atoms with E-state index in [4.69, 9.17) is 22.1 Å². The molecule has 4 aromatic rings. The average molecular weight is 412 g/mol. The van der Waals surface area contributed by atoms with Gasteiger partial charge < -0.3 is 20.6 Å². The molecule has 10 heteroatoms. The molecule has 9 nitrogen and oxygen atoms in total. The van der Waals surface area contributed by atoms with E-state index in [9.17, 15) is 14.7 Å². The molecule has 0 fully saturated rings. The maximum absolute atomic E-state index is 12.5. The van der Waals surface area contributed by atoms with Gasteiger partial charge in [0.25, 0.3) is 5.56 Å². The molecule has 0 aliphatic heterocycles. The Kier molecular flexibility index (Phi) is 4.44. The van der Waals surface area contributed by atoms with Gasteiger partial charge in [-0.05, 0) is 36.4 Å². The number of benzene rings is 2. The number of nitrogen functional groups attached to an aromatic ring is 1. The van der Waals surface area contributed by atoms with E-state index in [1.807, 2.05) is 0 Å². The number of phenolic OH excluding ortho intramolecular Hbond substituents is 1. The number of fused-ring (bicyclic) bond motifs is 1. The second-order valence-corrected chi connectivity index (χ2v) is 6.50. The SMILES string of the molecule is COc1cccc(-c2nc3c(N)n(-c4ccc(Cl)cc4)c(=O)nc3c(=O)[nH]2)c1O. The van der Waals surface area contributed by atoms with Crippen molar-refractivity contribution in [3.8, 4) is 28.6 Å². The van der Waals surface area contributed by atoms with Crippen LogP contribution < -0.4 is 21.7 Å². The Hall–Kier alpha value is -3.85. The van der Waals surface area contributed by atoms with Crippen molar-refractivity contribution in [2.75, 3.05) is 12.8 Å². The number of phenols is 1. The molecule has 4 rings (SSSR count). The summed E-state index contributed by atoms with van der Waals surface area (Å²) in [5.74, 6) is -0.0108. The molecule has 4 N–H and O–H groups in total. The van der Waals surface area contributed by atoms with Crippen molar-refractivity contribution in [3.63, 3.8) is 0 Å². The molecule has 0 radical (unpaired) electrons. The van der Waals surface area contributed by atoms with Crippen molar-refractivity contribution >= 4 is 28.5 Å². The predicted octanol–water partition coefficient (Wildman–Crippen LogP) is 2.09. The van der Waals surface area contributed by atoms with E-state index < -0.39 is 11.2 Å². The zero-order valence-electron chi connectivity index (χ0n) is 15.0. The number of aromatic nitrogens is 4. The van der Waals surface area contributed by atoms with E-state index >= 15 is 0 Å². The predicted molar refractivity (Wildman–Crippen MR) is 109 cm³/mol. The lowest BCUT2D eigenvalue weighted by Gasteiger charge is -2.12. The lowest BCUT2D eigenvalue weighted by atomic mass is 10.1. The number of nitrogens with one attached hydrogen (secondary N) is 1. The van der Waals surface area contributed by atoms with E-state index in [2.05, 4.69) is 15.0 Å². The molecule has 0 unspecified atom stereocenters. The summed E-state index contributed by atoms with van der Waals surface area (Å²) in [6.07, 6.45) is 0. The number of halogens is 1. The molecule has 0 saturated carbocycles. The maximum Gasteiger partial charge on any atom is 0.354 e. The molecule has 29 heavy (non-hydrogen) atoms. The number of nitrogens with two attached hydrogens (primary N) is 1. The number of H-pyrrole nitrogens is 1. The second-order valence-electron chi connectivity index (χ2n) is 6.06. The van der Waals surface area contributed by atoms with Gasteiger partial charge >= 0.3 is 5.69 Å². The van der Waals surface area contributed by atoms with Gasteiger partial charge in [-0.3, -0.25) is 4.79 Å². The first-order chi connectivity index (χ1) is 13.9. The zero-order chi connectivity index (χ0) is 20.7. The number of aromatic hydroxyl groups is 1. The summed E-state index contributed by atoms with van der Waals surface area (Å²) in [6.45, 7) is 0. The fraction of sp³-hybridized carbons (Fsp3) is 0.0526. The fourth-order valence-corrected chi connectivity index (χ4v) is 3.08. The molecule has 0 saturated heterocycles. The van der Waals surface area contributed by atoms with Crippen LogP contribution in [0.5, 0.6) is 11.5 Å². The smallest absolute Gasteiger partial charge is 0.354 e. The minimum absolute atomic E-state index is 0.0144. The molecule has 0 atom stereocenters. The van der Waals surface area contributed by atoms with Crippen molar-refractivity contribution in [2.24, 2.45) is 0 Å². The van der Waals surface area contributed by atoms with Crippen molar-refractivity contribution < 1.29 is 9.84 Å². The maximum atomic E-state index is 12.5. The number of aromatic amines is 1. The third kappa shape index (κ3) is 3.07. The number of methoxy groups -OCH3 is 1. The van der Waals surface area contributed by atoms with Crippen LogP contribution in [0.25, 0.3) is 28.1 Å². The zero-order valence-corrected chi connectivity index (χ0v) is 15.8. The second kappa shape index (κ2) is 6.95. The quantitative estimate of drug-likeness (QED) is 0.469. The molecule has 146 valence electrons. The van der Waals surface area contributed by atoms with Crippen LogP contribution in [-0.2, 0) is 0 Å². The number of nitrogens with zero attached hydrogens (tertiary/aromatic N) is 3. The summed E-state index contributed by atoms with van der Waals surface area (Å²) in [7, 11) is 1.40. The van der Waals surface area contributed by atoms with Crippen LogP contribution >= 0.6 is 11.6 Å². The Balaban J connectivity index is 2.02. The lowest BCUT2D eigenvalue weighted by molar-refractivity contribution is 0.374. The van der Waals surface area contributed by atoms with Crippen LogP contribution in [0, 0.1) is 0 Å². The summed E-state index contributed by atoms with van der Waals surface area (Å²) in [6, 6.07) is 11.1. The molecular formula is C19H14ClN5O4. The molecule has 0 spiro atoms. The van der Waals surface area contributed by atoms with Crippen LogP contribution in [0.1, 0.15) is 0 Å². The van der Waals surface area contributed by atoms with Crippen LogP contribution in [0.2, 0.25) is 5.02 Å². The first-order valence-corrected chi connectivity index (χ1v) is 8.73. The first kappa shape index (κ1) is 18.5. The highest BCUT2D eigenvalue weighted by atomic mass is 35.5. The Morgan fingerprint density at radius 2 is 1.83 bits per heavy atom. The molecule has 2 heterocycles. The van der Waals surface area contributed by atoms with Crippen LogP contribution in [0.15, 0.2) is 52.1 Å². The highest BCUT2D eigenvalue weighted by Crippen LogP contribution is 2.35. The van der Waals surface area contributed by atoms with Gasteiger partial charge in [0, 0.05) is 5.02 Å². The summed E-state index contributed by atoms with van der Waals surface area (Å²) in [4.78, 5) is 35.7. The number of hydrogen-bond donors (Lipinski definition) is 3. The standard InChI is InChI=1S/C19H14ClN5O4/c1-29-12-4-2-3-11(15(12)26)17-22-13-14(18(27)24-17)23-19(28)25(16(13)21)10-7-5-9(20)6-8-10/h2-8,26H,21H2,1H3,(H,22,24,27). The Labute approximate surface area is 168 Å². The topological polar surface area (TPSA) is 136 Å². The van der Waals surface area contributed by atoms with E-state index in [1.165, 1.54) is 7.11 Å². The molecule has 0 aliphatic carbocycles. The summed E-state index contributed by atoms with van der Waals surface area (Å²) in [5.41, 5.74) is 5.24. The molecule has 2 aromatic heterocycles. The lowest BCUT2D eigenvalue weighted by Crippen LogP contribution is -2.27. The number of hydrogen-bond acceptors (Lipinski definition) is 7. The van der Waals surface area contributed by atoms with Crippen molar-refractivity contribution in [2.45, 2.75) is 0 Å². The number of rotatable bonds is 3. The minimum atomic E-state index is -0.735. The molecule has 0 aliphatic rings. The van der Waals surface area contributed by atoms with Gasteiger partial charge in [0.2, 0.25) is 0 Å². The van der Waals surface area contributed by atoms with Gasteiger partial charge in [-0.25, -0.2) is 14.3 Å². The van der Waals surface area contributed by atoms with E-state index in [0.717, 1.165) is 4.57 Å². The largest absolute Gasteiger partial charge is 0.504 e. The third-order valence-electron chi connectivity index (χ3n) is 4.34. The van der Waals surface area contributed by atoms with Crippen LogP contribution in [-0.4, -0.2) is 31.7 Å². The number of para-hydroxylation sites is 1. The highest BCUT2D eigenvalue weighted by molar-refractivity contribution is 6.30. The molecular weight excluding hydrogens is 398 g/mol. The Morgan fingerprint density at radius 1 is 1.10 bits per heavy atom. The fourth-order valence-electron chi connectivity index (χ4n) is 2.95. The van der Waals surface area contributed by atoms with Gasteiger partial charge in [0.05, 0.1) is 18.4 Å². The summed E-state index contributed by atoms with van der Waals surface area (Å²) in [5, 5.41) is 10.9. The van der Waals surface area contributed by atoms with E-state index in [1.54, 1.807) is 42.5 Å². The average Bonchev–Trinajstić information content (AvgIpc) is 2.70. The van der Waals surface area contributed by atoms with Crippen molar-refractivity contribution in [1.82, 2.24) is 19.5 Å². The van der Waals surface area contributed by atoms with E-state index in [0.29, 0.717) is 10.7 Å². The van der Waals surface area contributed by atoms with Gasteiger partial charge in [-0.2, -0.15) is 4.98 Å². The Morgan fingerprint density at radius 3 is 2.52 bits per heavy atom. The monoisotopic (exact) mass is 411 g/mol.